The van der Waals surface area contributed by atoms with E-state index < -0.39 is 19.3 Å². The van der Waals surface area contributed by atoms with Crippen molar-refractivity contribution in [1.29, 1.82) is 0 Å². The maximum atomic E-state index is 10.8. The number of aromatic nitrogens is 1. The molecule has 0 radical (unpaired) electrons. The fourth-order valence-electron chi connectivity index (χ4n) is 1.13. The summed E-state index contributed by atoms with van der Waals surface area (Å²) >= 11 is 0. The highest BCUT2D eigenvalue weighted by atomic mass is 35.5. The fourth-order valence-corrected chi connectivity index (χ4v) is 1.55. The van der Waals surface area contributed by atoms with E-state index in [1.54, 1.807) is 0 Å². The summed E-state index contributed by atoms with van der Waals surface area (Å²) in [7, 11) is -4.45. The second-order valence-electron chi connectivity index (χ2n) is 3.23. The maximum absolute atomic E-state index is 10.8. The van der Waals surface area contributed by atoms with Gasteiger partial charge < -0.3 is 25.2 Å². The molecular weight excluding hydrogens is 275 g/mol. The number of nitrogens with two attached hydrogens (primary N) is 1. The molecule has 8 nitrogen and oxygen atoms in total. The molecule has 0 aliphatic heterocycles. The van der Waals surface area contributed by atoms with E-state index >= 15 is 0 Å². The molecule has 0 fully saturated rings. The van der Waals surface area contributed by atoms with Gasteiger partial charge in [-0.15, -0.1) is 12.4 Å². The zero-order chi connectivity index (χ0) is 12.5. The number of halogens is 1. The largest absolute Gasteiger partial charge is 0.476 e. The van der Waals surface area contributed by atoms with Gasteiger partial charge in [0.15, 0.2) is 5.69 Å². The molecule has 1 aromatic rings. The van der Waals surface area contributed by atoms with Crippen LogP contribution in [0, 0.1) is 6.92 Å². The number of aromatic carboxylic acids is 1. The third kappa shape index (κ3) is 3.79. The van der Waals surface area contributed by atoms with Crippen LogP contribution in [0.1, 0.15) is 21.8 Å². The SMILES string of the molecule is Cc1onc(C(=O)O)c1CC(N)P(=O)(O)O.Cl. The van der Waals surface area contributed by atoms with E-state index in [1.807, 2.05) is 0 Å². The standard InChI is InChI=1S/C7H11N2O6P.ClH/c1-3-4(2-5(8)16(12,13)14)6(7(10)11)9-15-3;/h5H,2,8H2,1H3,(H,10,11)(H2,12,13,14);1H. The van der Waals surface area contributed by atoms with E-state index in [0.717, 1.165) is 0 Å². The summed E-state index contributed by atoms with van der Waals surface area (Å²) in [4.78, 5) is 28.3. The molecule has 5 N–H and O–H groups in total. The Kier molecular flexibility index (Phi) is 5.31. The Morgan fingerprint density at radius 1 is 1.59 bits per heavy atom. The predicted octanol–water partition coefficient (Wildman–Crippen LogP) is 0.108. The van der Waals surface area contributed by atoms with Gasteiger partial charge in [-0.2, -0.15) is 0 Å². The van der Waals surface area contributed by atoms with Gasteiger partial charge in [-0.1, -0.05) is 5.16 Å². The molecule has 0 saturated heterocycles. The molecule has 1 heterocycles. The van der Waals surface area contributed by atoms with Crippen LogP contribution < -0.4 is 5.73 Å². The van der Waals surface area contributed by atoms with Crippen molar-refractivity contribution in [3.05, 3.63) is 17.0 Å². The van der Waals surface area contributed by atoms with Crippen LogP contribution in [-0.4, -0.2) is 31.8 Å². The molecule has 0 aliphatic rings. The van der Waals surface area contributed by atoms with Crippen molar-refractivity contribution in [3.63, 3.8) is 0 Å². The third-order valence-corrected chi connectivity index (χ3v) is 3.08. The number of aryl methyl sites for hydroxylation is 1. The molecule has 0 bridgehead atoms. The molecule has 1 aromatic heterocycles. The van der Waals surface area contributed by atoms with Gasteiger partial charge in [-0.3, -0.25) is 4.57 Å². The quantitative estimate of drug-likeness (QED) is 0.570. The molecule has 1 rings (SSSR count). The van der Waals surface area contributed by atoms with Crippen molar-refractivity contribution >= 4 is 26.0 Å². The van der Waals surface area contributed by atoms with Crippen LogP contribution >= 0.6 is 20.0 Å². The smallest absolute Gasteiger partial charge is 0.358 e. The highest BCUT2D eigenvalue weighted by Gasteiger charge is 2.29. The first-order chi connectivity index (χ1) is 7.23. The van der Waals surface area contributed by atoms with Crippen molar-refractivity contribution in [2.75, 3.05) is 0 Å². The van der Waals surface area contributed by atoms with E-state index in [4.69, 9.17) is 20.6 Å². The molecule has 10 heteroatoms. The van der Waals surface area contributed by atoms with Crippen LogP contribution in [-0.2, 0) is 11.0 Å². The van der Waals surface area contributed by atoms with E-state index in [2.05, 4.69) is 9.68 Å². The number of nitrogens with zero attached hydrogens (tertiary/aromatic N) is 1. The maximum Gasteiger partial charge on any atom is 0.358 e. The van der Waals surface area contributed by atoms with Crippen molar-refractivity contribution in [2.24, 2.45) is 5.73 Å². The molecule has 0 amide bonds. The van der Waals surface area contributed by atoms with Crippen molar-refractivity contribution in [3.8, 4) is 0 Å². The fraction of sp³-hybridized carbons (Fsp3) is 0.429. The van der Waals surface area contributed by atoms with Gasteiger partial charge in [0, 0.05) is 12.0 Å². The number of hydrogen-bond donors (Lipinski definition) is 4. The van der Waals surface area contributed by atoms with E-state index in [0.29, 0.717) is 0 Å². The average molecular weight is 287 g/mol. The summed E-state index contributed by atoms with van der Waals surface area (Å²) in [5, 5.41) is 12.0. The Bertz CT molecular complexity index is 455. The number of hydrogen-bond acceptors (Lipinski definition) is 5. The zero-order valence-corrected chi connectivity index (χ0v) is 10.4. The van der Waals surface area contributed by atoms with Crippen molar-refractivity contribution < 1.29 is 28.8 Å². The summed E-state index contributed by atoms with van der Waals surface area (Å²) in [6, 6.07) is 0. The highest BCUT2D eigenvalue weighted by molar-refractivity contribution is 7.52. The molecule has 0 aromatic carbocycles. The summed E-state index contributed by atoms with van der Waals surface area (Å²) in [6.07, 6.45) is -0.304. The molecule has 0 saturated carbocycles. The number of rotatable bonds is 4. The van der Waals surface area contributed by atoms with Gasteiger partial charge in [-0.25, -0.2) is 4.79 Å². The van der Waals surface area contributed by atoms with Gasteiger partial charge in [-0.05, 0) is 6.92 Å². The second-order valence-corrected chi connectivity index (χ2v) is 5.07. The lowest BCUT2D eigenvalue weighted by molar-refractivity contribution is 0.0684. The summed E-state index contributed by atoms with van der Waals surface area (Å²) < 4.78 is 15.5. The lowest BCUT2D eigenvalue weighted by Gasteiger charge is -2.12. The summed E-state index contributed by atoms with van der Waals surface area (Å²) in [5.41, 5.74) is 4.98. The lowest BCUT2D eigenvalue weighted by Crippen LogP contribution is -2.24. The highest BCUT2D eigenvalue weighted by Crippen LogP contribution is 2.40. The Hall–Kier alpha value is -0.920. The Morgan fingerprint density at radius 3 is 2.53 bits per heavy atom. The topological polar surface area (TPSA) is 147 Å². The Labute approximate surface area is 102 Å². The zero-order valence-electron chi connectivity index (χ0n) is 8.73. The molecule has 1 unspecified atom stereocenters. The third-order valence-electron chi connectivity index (χ3n) is 2.03. The molecule has 0 spiro atoms. The number of carboxylic acid groups (broad SMARTS) is 1. The van der Waals surface area contributed by atoms with E-state index in [-0.39, 0.29) is 35.8 Å². The van der Waals surface area contributed by atoms with Crippen molar-refractivity contribution in [1.82, 2.24) is 5.16 Å². The first kappa shape index (κ1) is 16.1. The summed E-state index contributed by atoms with van der Waals surface area (Å²) in [6.45, 7) is 1.45. The molecular formula is C7H12ClN2O6P. The monoisotopic (exact) mass is 286 g/mol. The van der Waals surface area contributed by atoms with Crippen LogP contribution in [0.25, 0.3) is 0 Å². The second kappa shape index (κ2) is 5.61. The van der Waals surface area contributed by atoms with Crippen molar-refractivity contribution in [2.45, 2.75) is 19.1 Å². The van der Waals surface area contributed by atoms with Crippen LogP contribution in [0.4, 0.5) is 0 Å². The van der Waals surface area contributed by atoms with Crippen LogP contribution in [0.2, 0.25) is 0 Å². The van der Waals surface area contributed by atoms with E-state index in [1.165, 1.54) is 6.92 Å². The molecule has 0 aliphatic carbocycles. The van der Waals surface area contributed by atoms with Crippen LogP contribution in [0.3, 0.4) is 0 Å². The van der Waals surface area contributed by atoms with Gasteiger partial charge in [0.25, 0.3) is 0 Å². The minimum absolute atomic E-state index is 0. The minimum Gasteiger partial charge on any atom is -0.476 e. The lowest BCUT2D eigenvalue weighted by atomic mass is 10.1. The molecule has 17 heavy (non-hydrogen) atoms. The average Bonchev–Trinajstić information content (AvgIpc) is 2.46. The Balaban J connectivity index is 0.00000256. The number of carbonyl (C=O) groups is 1. The van der Waals surface area contributed by atoms with Gasteiger partial charge >= 0.3 is 13.6 Å². The summed E-state index contributed by atoms with van der Waals surface area (Å²) in [5.74, 6) is -2.62. The first-order valence-electron chi connectivity index (χ1n) is 4.22. The molecule has 98 valence electrons. The van der Waals surface area contributed by atoms with E-state index in [9.17, 15) is 9.36 Å². The Morgan fingerprint density at radius 2 is 2.12 bits per heavy atom. The minimum atomic E-state index is -4.45. The first-order valence-corrected chi connectivity index (χ1v) is 5.91. The van der Waals surface area contributed by atoms with Gasteiger partial charge in [0.1, 0.15) is 11.5 Å². The van der Waals surface area contributed by atoms with Crippen LogP contribution in [0.15, 0.2) is 4.52 Å². The van der Waals surface area contributed by atoms with Crippen LogP contribution in [0.5, 0.6) is 0 Å². The molecule has 1 atom stereocenters. The number of carboxylic acids is 1. The normalized spacial score (nSPS) is 12.9. The van der Waals surface area contributed by atoms with Gasteiger partial charge in [0.05, 0.1) is 0 Å². The predicted molar refractivity (Wildman–Crippen MR) is 59.2 cm³/mol. The van der Waals surface area contributed by atoms with Gasteiger partial charge in [0.2, 0.25) is 0 Å².